The molecule has 0 radical (unpaired) electrons. The van der Waals surface area contributed by atoms with Crippen molar-refractivity contribution in [2.24, 2.45) is 17.6 Å². The Morgan fingerprint density at radius 3 is 2.45 bits per heavy atom. The molecular formula is C17H33N3O2. The minimum absolute atomic E-state index is 0.00697. The molecule has 0 saturated heterocycles. The third-order valence-electron chi connectivity index (χ3n) is 4.72. The molecule has 0 bridgehead atoms. The predicted molar refractivity (Wildman–Crippen MR) is 89.3 cm³/mol. The molecule has 0 heterocycles. The van der Waals surface area contributed by atoms with Gasteiger partial charge in [0.25, 0.3) is 0 Å². The number of carbonyl (C=O) groups is 2. The molecule has 5 nitrogen and oxygen atoms in total. The molecule has 0 spiro atoms. The van der Waals surface area contributed by atoms with Crippen molar-refractivity contribution >= 4 is 11.8 Å². The molecule has 3 N–H and O–H groups in total. The number of nitrogens with two attached hydrogens (primary N) is 1. The summed E-state index contributed by atoms with van der Waals surface area (Å²) in [5, 5.41) is 2.76. The summed E-state index contributed by atoms with van der Waals surface area (Å²) in [7, 11) is 1.77. The fourth-order valence-electron chi connectivity index (χ4n) is 2.84. The van der Waals surface area contributed by atoms with E-state index in [9.17, 15) is 9.59 Å². The Labute approximate surface area is 135 Å². The van der Waals surface area contributed by atoms with Crippen molar-refractivity contribution in [1.82, 2.24) is 10.2 Å². The Kier molecular flexibility index (Phi) is 8.46. The van der Waals surface area contributed by atoms with Gasteiger partial charge in [0.15, 0.2) is 0 Å². The van der Waals surface area contributed by atoms with E-state index in [0.29, 0.717) is 24.8 Å². The molecule has 1 atom stereocenters. The van der Waals surface area contributed by atoms with Gasteiger partial charge in [0.05, 0.1) is 6.54 Å². The van der Waals surface area contributed by atoms with Crippen LogP contribution in [-0.2, 0) is 9.59 Å². The van der Waals surface area contributed by atoms with Crippen LogP contribution >= 0.6 is 0 Å². The fourth-order valence-corrected chi connectivity index (χ4v) is 2.84. The van der Waals surface area contributed by atoms with E-state index in [1.807, 2.05) is 0 Å². The number of nitrogens with zero attached hydrogens (tertiary/aromatic N) is 1. The summed E-state index contributed by atoms with van der Waals surface area (Å²) in [6, 6.07) is 0.108. The molecule has 0 aromatic carbocycles. The van der Waals surface area contributed by atoms with E-state index in [4.69, 9.17) is 5.73 Å². The van der Waals surface area contributed by atoms with Crippen molar-refractivity contribution in [2.75, 3.05) is 20.1 Å². The number of hydrogen-bond donors (Lipinski definition) is 2. The third-order valence-corrected chi connectivity index (χ3v) is 4.72. The summed E-state index contributed by atoms with van der Waals surface area (Å²) < 4.78 is 0. The van der Waals surface area contributed by atoms with Gasteiger partial charge in [-0.15, -0.1) is 0 Å². The highest BCUT2D eigenvalue weighted by molar-refractivity contribution is 5.84. The second-order valence-corrected chi connectivity index (χ2v) is 7.00. The Morgan fingerprint density at radius 2 is 1.86 bits per heavy atom. The van der Waals surface area contributed by atoms with Crippen LogP contribution in [0.15, 0.2) is 0 Å². The molecule has 128 valence electrons. The van der Waals surface area contributed by atoms with E-state index < -0.39 is 0 Å². The molecule has 0 aromatic heterocycles. The molecule has 1 rings (SSSR count). The molecule has 0 aliphatic heterocycles. The van der Waals surface area contributed by atoms with Crippen molar-refractivity contribution < 1.29 is 9.59 Å². The summed E-state index contributed by atoms with van der Waals surface area (Å²) in [6.45, 7) is 4.89. The largest absolute Gasteiger partial charge is 0.347 e. The molecule has 0 aromatic rings. The summed E-state index contributed by atoms with van der Waals surface area (Å²) in [4.78, 5) is 25.5. The normalized spacial score (nSPS) is 17.3. The fraction of sp³-hybridized carbons (Fsp3) is 0.882. The lowest BCUT2D eigenvalue weighted by molar-refractivity contribution is -0.132. The molecule has 1 aliphatic carbocycles. The average molecular weight is 311 g/mol. The van der Waals surface area contributed by atoms with Gasteiger partial charge < -0.3 is 16.0 Å². The highest BCUT2D eigenvalue weighted by Crippen LogP contribution is 2.25. The molecule has 1 fully saturated rings. The maximum Gasteiger partial charge on any atom is 0.241 e. The van der Waals surface area contributed by atoms with Gasteiger partial charge >= 0.3 is 0 Å². The van der Waals surface area contributed by atoms with Crippen LogP contribution in [0, 0.1) is 11.8 Å². The van der Waals surface area contributed by atoms with E-state index in [1.54, 1.807) is 11.9 Å². The highest BCUT2D eigenvalue weighted by Gasteiger charge is 2.18. The Bertz CT molecular complexity index is 352. The Balaban J connectivity index is 2.19. The van der Waals surface area contributed by atoms with Crippen LogP contribution in [0.3, 0.4) is 0 Å². The number of hydrogen-bond acceptors (Lipinski definition) is 3. The molecule has 1 unspecified atom stereocenters. The second kappa shape index (κ2) is 9.82. The van der Waals surface area contributed by atoms with Crippen LogP contribution in [0.1, 0.15) is 58.8 Å². The van der Waals surface area contributed by atoms with Crippen LogP contribution in [0.4, 0.5) is 0 Å². The minimum atomic E-state index is -0.0482. The van der Waals surface area contributed by atoms with E-state index in [1.165, 1.54) is 19.3 Å². The van der Waals surface area contributed by atoms with Gasteiger partial charge in [0.1, 0.15) is 0 Å². The van der Waals surface area contributed by atoms with Gasteiger partial charge in [0.2, 0.25) is 11.8 Å². The van der Waals surface area contributed by atoms with Crippen molar-refractivity contribution in [2.45, 2.75) is 64.8 Å². The maximum absolute atomic E-state index is 12.0. The zero-order valence-corrected chi connectivity index (χ0v) is 14.4. The van der Waals surface area contributed by atoms with Gasteiger partial charge in [-0.05, 0) is 31.1 Å². The molecule has 2 amide bonds. The van der Waals surface area contributed by atoms with Gasteiger partial charge in [-0.3, -0.25) is 9.59 Å². The molecular weight excluding hydrogens is 278 g/mol. The van der Waals surface area contributed by atoms with E-state index >= 15 is 0 Å². The van der Waals surface area contributed by atoms with Gasteiger partial charge in [-0.2, -0.15) is 0 Å². The van der Waals surface area contributed by atoms with Gasteiger partial charge in [0, 0.05) is 26.1 Å². The van der Waals surface area contributed by atoms with Crippen LogP contribution in [0.25, 0.3) is 0 Å². The smallest absolute Gasteiger partial charge is 0.241 e. The predicted octanol–water partition coefficient (Wildman–Crippen LogP) is 1.90. The summed E-state index contributed by atoms with van der Waals surface area (Å²) in [6.07, 6.45) is 7.40. The van der Waals surface area contributed by atoms with E-state index in [0.717, 1.165) is 19.3 Å². The maximum atomic E-state index is 12.0. The molecule has 5 heteroatoms. The molecule has 1 aliphatic rings. The summed E-state index contributed by atoms with van der Waals surface area (Å²) in [5.74, 6) is 0.879. The van der Waals surface area contributed by atoms with Crippen LogP contribution in [-0.4, -0.2) is 42.9 Å². The van der Waals surface area contributed by atoms with Crippen molar-refractivity contribution in [3.8, 4) is 0 Å². The topological polar surface area (TPSA) is 75.4 Å². The summed E-state index contributed by atoms with van der Waals surface area (Å²) >= 11 is 0. The Morgan fingerprint density at radius 1 is 1.23 bits per heavy atom. The number of nitrogens with one attached hydrogen (secondary N) is 1. The number of amides is 2. The lowest BCUT2D eigenvalue weighted by Gasteiger charge is -2.23. The first kappa shape index (κ1) is 18.9. The minimum Gasteiger partial charge on any atom is -0.347 e. The van der Waals surface area contributed by atoms with Crippen LogP contribution in [0.5, 0.6) is 0 Å². The quantitative estimate of drug-likeness (QED) is 0.719. The lowest BCUT2D eigenvalue weighted by Crippen LogP contribution is -2.40. The van der Waals surface area contributed by atoms with Gasteiger partial charge in [-0.1, -0.05) is 33.1 Å². The SMILES string of the molecule is CC(C)C(N)CCN(C)C(=O)CNC(=O)CC1CCCCC1. The van der Waals surface area contributed by atoms with Crippen molar-refractivity contribution in [3.05, 3.63) is 0 Å². The second-order valence-electron chi connectivity index (χ2n) is 7.00. The number of carbonyl (C=O) groups excluding carboxylic acids is 2. The first-order valence-electron chi connectivity index (χ1n) is 8.66. The van der Waals surface area contributed by atoms with E-state index in [2.05, 4.69) is 19.2 Å². The van der Waals surface area contributed by atoms with Crippen LogP contribution in [0.2, 0.25) is 0 Å². The van der Waals surface area contributed by atoms with E-state index in [-0.39, 0.29) is 24.4 Å². The van der Waals surface area contributed by atoms with Crippen molar-refractivity contribution in [3.63, 3.8) is 0 Å². The zero-order valence-electron chi connectivity index (χ0n) is 14.4. The van der Waals surface area contributed by atoms with Crippen LogP contribution < -0.4 is 11.1 Å². The average Bonchev–Trinajstić information content (AvgIpc) is 2.50. The third kappa shape index (κ3) is 7.25. The molecule has 22 heavy (non-hydrogen) atoms. The standard InChI is InChI=1S/C17H33N3O2/c1-13(2)15(18)9-10-20(3)17(22)12-19-16(21)11-14-7-5-4-6-8-14/h13-15H,4-12,18H2,1-3H3,(H,19,21). The van der Waals surface area contributed by atoms with Crippen molar-refractivity contribution in [1.29, 1.82) is 0 Å². The summed E-state index contributed by atoms with van der Waals surface area (Å²) in [5.41, 5.74) is 5.98. The Hall–Kier alpha value is -1.10. The number of rotatable bonds is 8. The first-order valence-corrected chi connectivity index (χ1v) is 8.66. The zero-order chi connectivity index (χ0) is 16.5. The lowest BCUT2D eigenvalue weighted by atomic mass is 9.87. The highest BCUT2D eigenvalue weighted by atomic mass is 16.2. The first-order chi connectivity index (χ1) is 10.4. The number of likely N-dealkylation sites (N-methyl/N-ethyl adjacent to an activating group) is 1. The molecule has 1 saturated carbocycles. The monoisotopic (exact) mass is 311 g/mol. The van der Waals surface area contributed by atoms with Gasteiger partial charge in [-0.25, -0.2) is 0 Å².